The molecule has 26 heavy (non-hydrogen) atoms. The molecule has 3 fully saturated rings. The number of amides is 1. The zero-order valence-electron chi connectivity index (χ0n) is 15.6. The molecule has 142 valence electrons. The smallest absolute Gasteiger partial charge is 0.237 e. The van der Waals surface area contributed by atoms with Crippen molar-refractivity contribution in [3.63, 3.8) is 0 Å². The van der Waals surface area contributed by atoms with Gasteiger partial charge in [-0.2, -0.15) is 0 Å². The van der Waals surface area contributed by atoms with Crippen LogP contribution in [0.1, 0.15) is 38.5 Å². The van der Waals surface area contributed by atoms with Gasteiger partial charge in [-0.15, -0.1) is 0 Å². The number of halogens is 1. The van der Waals surface area contributed by atoms with Crippen molar-refractivity contribution in [2.24, 2.45) is 5.92 Å². The maximum absolute atomic E-state index is 13.1. The number of carbonyl (C=O) groups is 1. The van der Waals surface area contributed by atoms with Gasteiger partial charge >= 0.3 is 0 Å². The van der Waals surface area contributed by atoms with Gasteiger partial charge in [0.2, 0.25) is 5.91 Å². The zero-order valence-corrected chi connectivity index (χ0v) is 15.6. The van der Waals surface area contributed by atoms with Gasteiger partial charge in [0.25, 0.3) is 0 Å². The average molecular weight is 359 g/mol. The van der Waals surface area contributed by atoms with Crippen LogP contribution < -0.4 is 4.90 Å². The van der Waals surface area contributed by atoms with Crippen molar-refractivity contribution in [2.75, 3.05) is 44.2 Å². The Kier molecular flexibility index (Phi) is 5.44. The summed E-state index contributed by atoms with van der Waals surface area (Å²) in [6.07, 6.45) is 7.62. The van der Waals surface area contributed by atoms with Gasteiger partial charge in [-0.1, -0.05) is 12.8 Å². The van der Waals surface area contributed by atoms with Crippen molar-refractivity contribution in [1.29, 1.82) is 0 Å². The lowest BCUT2D eigenvalue weighted by atomic mass is 9.78. The second-order valence-corrected chi connectivity index (χ2v) is 8.08. The third kappa shape index (κ3) is 3.88. The first-order valence-electron chi connectivity index (χ1n) is 10.2. The lowest BCUT2D eigenvalue weighted by Gasteiger charge is -2.45. The van der Waals surface area contributed by atoms with Crippen molar-refractivity contribution in [2.45, 2.75) is 44.6 Å². The molecule has 1 saturated carbocycles. The van der Waals surface area contributed by atoms with E-state index in [-0.39, 0.29) is 5.82 Å². The Morgan fingerprint density at radius 2 is 1.62 bits per heavy atom. The number of piperazine rings is 1. The van der Waals surface area contributed by atoms with Crippen LogP contribution in [0.2, 0.25) is 0 Å². The highest BCUT2D eigenvalue weighted by Crippen LogP contribution is 2.35. The summed E-state index contributed by atoms with van der Waals surface area (Å²) in [5.74, 6) is 0.883. The fourth-order valence-electron chi connectivity index (χ4n) is 5.03. The fourth-order valence-corrected chi connectivity index (χ4v) is 5.03. The summed E-state index contributed by atoms with van der Waals surface area (Å²) in [7, 11) is 0. The van der Waals surface area contributed by atoms with Crippen LogP contribution >= 0.6 is 0 Å². The minimum absolute atomic E-state index is 0.194. The summed E-state index contributed by atoms with van der Waals surface area (Å²) in [5, 5.41) is 0. The van der Waals surface area contributed by atoms with E-state index >= 15 is 0 Å². The quantitative estimate of drug-likeness (QED) is 0.830. The Hall–Kier alpha value is -1.62. The molecule has 2 unspecified atom stereocenters. The van der Waals surface area contributed by atoms with Gasteiger partial charge in [-0.25, -0.2) is 4.39 Å². The van der Waals surface area contributed by atoms with E-state index in [1.165, 1.54) is 50.7 Å². The Bertz CT molecular complexity index is 610. The van der Waals surface area contributed by atoms with Gasteiger partial charge in [0, 0.05) is 44.5 Å². The molecule has 4 nitrogen and oxygen atoms in total. The lowest BCUT2D eigenvalue weighted by Crippen LogP contribution is -2.54. The molecule has 2 saturated heterocycles. The largest absolute Gasteiger partial charge is 0.369 e. The first kappa shape index (κ1) is 17.8. The van der Waals surface area contributed by atoms with Crippen molar-refractivity contribution in [3.05, 3.63) is 30.1 Å². The van der Waals surface area contributed by atoms with Gasteiger partial charge in [0.15, 0.2) is 0 Å². The van der Waals surface area contributed by atoms with E-state index in [4.69, 9.17) is 0 Å². The second kappa shape index (κ2) is 7.95. The van der Waals surface area contributed by atoms with Crippen LogP contribution in [0.25, 0.3) is 0 Å². The summed E-state index contributed by atoms with van der Waals surface area (Å²) >= 11 is 0. The molecule has 4 rings (SSSR count). The molecule has 1 aliphatic carbocycles. The van der Waals surface area contributed by atoms with E-state index in [1.807, 2.05) is 12.1 Å². The third-order valence-electron chi connectivity index (χ3n) is 6.49. The second-order valence-electron chi connectivity index (χ2n) is 8.08. The number of piperidine rings is 1. The molecule has 5 heteroatoms. The van der Waals surface area contributed by atoms with Crippen LogP contribution in [0.4, 0.5) is 10.1 Å². The molecular weight excluding hydrogens is 329 g/mol. The van der Waals surface area contributed by atoms with Crippen LogP contribution in [0.15, 0.2) is 24.3 Å². The van der Waals surface area contributed by atoms with E-state index in [9.17, 15) is 9.18 Å². The molecule has 2 heterocycles. The summed E-state index contributed by atoms with van der Waals surface area (Å²) in [4.78, 5) is 19.7. The highest BCUT2D eigenvalue weighted by Gasteiger charge is 2.36. The Morgan fingerprint density at radius 3 is 2.38 bits per heavy atom. The molecule has 0 aromatic heterocycles. The number of benzene rings is 1. The molecule has 0 bridgehead atoms. The Balaban J connectivity index is 1.29. The predicted molar refractivity (Wildman–Crippen MR) is 102 cm³/mol. The first-order chi connectivity index (χ1) is 12.7. The number of hydrogen-bond donors (Lipinski definition) is 0. The number of nitrogens with zero attached hydrogens (tertiary/aromatic N) is 3. The molecule has 1 aromatic rings. The molecule has 2 atom stereocenters. The molecule has 1 amide bonds. The van der Waals surface area contributed by atoms with Gasteiger partial charge in [0.1, 0.15) is 5.82 Å². The van der Waals surface area contributed by atoms with E-state index < -0.39 is 0 Å². The van der Waals surface area contributed by atoms with Gasteiger partial charge in [0.05, 0.1) is 6.54 Å². The van der Waals surface area contributed by atoms with Gasteiger partial charge in [-0.05, 0) is 55.9 Å². The first-order valence-corrected chi connectivity index (χ1v) is 10.2. The minimum Gasteiger partial charge on any atom is -0.369 e. The molecule has 0 spiro atoms. The average Bonchev–Trinajstić information content (AvgIpc) is 2.69. The van der Waals surface area contributed by atoms with E-state index in [0.29, 0.717) is 18.5 Å². The standard InChI is InChI=1S/C21H30FN3O/c22-18-7-9-19(10-8-18)24-14-12-23(13-15-24)16-21(26)25-11-3-5-17-4-1-2-6-20(17)25/h7-10,17,20H,1-6,11-16H2. The molecular formula is C21H30FN3O. The molecule has 3 aliphatic rings. The van der Waals surface area contributed by atoms with Crippen LogP contribution in [-0.2, 0) is 4.79 Å². The van der Waals surface area contributed by atoms with E-state index in [0.717, 1.165) is 44.3 Å². The highest BCUT2D eigenvalue weighted by molar-refractivity contribution is 5.78. The SMILES string of the molecule is O=C(CN1CCN(c2ccc(F)cc2)CC1)N1CCCC2CCCCC21. The Labute approximate surface area is 155 Å². The molecule has 2 aliphatic heterocycles. The number of rotatable bonds is 3. The third-order valence-corrected chi connectivity index (χ3v) is 6.49. The topological polar surface area (TPSA) is 26.8 Å². The van der Waals surface area contributed by atoms with Crippen molar-refractivity contribution >= 4 is 11.6 Å². The summed E-state index contributed by atoms with van der Waals surface area (Å²) in [6.45, 7) is 5.09. The number of hydrogen-bond acceptors (Lipinski definition) is 3. The maximum atomic E-state index is 13.1. The molecule has 0 radical (unpaired) electrons. The lowest BCUT2D eigenvalue weighted by molar-refractivity contribution is -0.138. The molecule has 1 aromatic carbocycles. The van der Waals surface area contributed by atoms with Crippen molar-refractivity contribution in [1.82, 2.24) is 9.80 Å². The number of fused-ring (bicyclic) bond motifs is 1. The minimum atomic E-state index is -0.194. The summed E-state index contributed by atoms with van der Waals surface area (Å²) in [6, 6.07) is 7.22. The van der Waals surface area contributed by atoms with Gasteiger partial charge in [-0.3, -0.25) is 9.69 Å². The van der Waals surface area contributed by atoms with Crippen molar-refractivity contribution < 1.29 is 9.18 Å². The summed E-state index contributed by atoms with van der Waals surface area (Å²) < 4.78 is 13.1. The number of anilines is 1. The van der Waals surface area contributed by atoms with Crippen molar-refractivity contribution in [3.8, 4) is 0 Å². The van der Waals surface area contributed by atoms with E-state index in [1.54, 1.807) is 0 Å². The summed E-state index contributed by atoms with van der Waals surface area (Å²) in [5.41, 5.74) is 1.07. The number of carbonyl (C=O) groups excluding carboxylic acids is 1. The fraction of sp³-hybridized carbons (Fsp3) is 0.667. The zero-order chi connectivity index (χ0) is 17.9. The number of likely N-dealkylation sites (tertiary alicyclic amines) is 1. The monoisotopic (exact) mass is 359 g/mol. The van der Waals surface area contributed by atoms with Gasteiger partial charge < -0.3 is 9.80 Å². The Morgan fingerprint density at radius 1 is 0.923 bits per heavy atom. The molecule has 0 N–H and O–H groups in total. The maximum Gasteiger partial charge on any atom is 0.237 e. The van der Waals surface area contributed by atoms with Crippen LogP contribution in [0, 0.1) is 11.7 Å². The predicted octanol–water partition coefficient (Wildman–Crippen LogP) is 3.13. The van der Waals surface area contributed by atoms with Crippen LogP contribution in [0.3, 0.4) is 0 Å². The van der Waals surface area contributed by atoms with Crippen LogP contribution in [-0.4, -0.2) is 61.0 Å². The normalized spacial score (nSPS) is 27.3. The highest BCUT2D eigenvalue weighted by atomic mass is 19.1. The van der Waals surface area contributed by atoms with E-state index in [2.05, 4.69) is 14.7 Å². The van der Waals surface area contributed by atoms with Crippen LogP contribution in [0.5, 0.6) is 0 Å².